The highest BCUT2D eigenvalue weighted by molar-refractivity contribution is 5.84. The lowest BCUT2D eigenvalue weighted by molar-refractivity contribution is -0.214. The molecule has 0 saturated carbocycles. The standard InChI is InChI=1S/C11H21F3N2O2/c1-8(11(12,13)14)18-7-5-4-6-10(2,16-3)9(15)17/h8,16H,4-7H2,1-3H3,(H2,15,17). The number of amides is 1. The van der Waals surface area contributed by atoms with E-state index in [4.69, 9.17) is 5.73 Å². The van der Waals surface area contributed by atoms with E-state index in [1.807, 2.05) is 0 Å². The first-order valence-electron chi connectivity index (χ1n) is 5.80. The highest BCUT2D eigenvalue weighted by Gasteiger charge is 2.36. The van der Waals surface area contributed by atoms with Crippen LogP contribution in [0, 0.1) is 0 Å². The topological polar surface area (TPSA) is 64.3 Å². The third-order valence-electron chi connectivity index (χ3n) is 3.00. The van der Waals surface area contributed by atoms with Crippen molar-refractivity contribution in [3.8, 4) is 0 Å². The highest BCUT2D eigenvalue weighted by atomic mass is 19.4. The molecule has 0 aliphatic carbocycles. The summed E-state index contributed by atoms with van der Waals surface area (Å²) in [6.45, 7) is 2.65. The van der Waals surface area contributed by atoms with Gasteiger partial charge in [0, 0.05) is 6.61 Å². The number of alkyl halides is 3. The normalized spacial score (nSPS) is 17.2. The van der Waals surface area contributed by atoms with Gasteiger partial charge in [0.25, 0.3) is 0 Å². The number of nitrogens with two attached hydrogens (primary N) is 1. The van der Waals surface area contributed by atoms with Crippen LogP contribution in [0.25, 0.3) is 0 Å². The Bertz CT molecular complexity index is 272. The predicted octanol–water partition coefficient (Wildman–Crippen LogP) is 1.59. The fourth-order valence-corrected chi connectivity index (χ4v) is 1.31. The van der Waals surface area contributed by atoms with Crippen molar-refractivity contribution >= 4 is 5.91 Å². The Kier molecular flexibility index (Phi) is 6.62. The fourth-order valence-electron chi connectivity index (χ4n) is 1.31. The second-order valence-corrected chi connectivity index (χ2v) is 4.46. The molecule has 0 heterocycles. The molecule has 0 fully saturated rings. The van der Waals surface area contributed by atoms with Crippen molar-refractivity contribution in [2.24, 2.45) is 5.73 Å². The number of carbonyl (C=O) groups is 1. The van der Waals surface area contributed by atoms with Crippen LogP contribution in [0.1, 0.15) is 33.1 Å². The number of primary amides is 1. The lowest BCUT2D eigenvalue weighted by atomic mass is 9.94. The third-order valence-corrected chi connectivity index (χ3v) is 3.00. The zero-order valence-corrected chi connectivity index (χ0v) is 10.9. The van der Waals surface area contributed by atoms with Crippen LogP contribution >= 0.6 is 0 Å². The summed E-state index contributed by atoms with van der Waals surface area (Å²) in [5.74, 6) is -0.477. The van der Waals surface area contributed by atoms with Gasteiger partial charge in [-0.25, -0.2) is 0 Å². The Morgan fingerprint density at radius 2 is 1.94 bits per heavy atom. The van der Waals surface area contributed by atoms with E-state index in [1.165, 1.54) is 0 Å². The Balaban J connectivity index is 3.84. The summed E-state index contributed by atoms with van der Waals surface area (Å²) in [7, 11) is 1.62. The average molecular weight is 270 g/mol. The van der Waals surface area contributed by atoms with Gasteiger partial charge in [0.1, 0.15) is 0 Å². The smallest absolute Gasteiger partial charge is 0.369 e. The molecule has 7 heteroatoms. The Labute approximate surface area is 105 Å². The molecule has 0 aromatic heterocycles. The van der Waals surface area contributed by atoms with Crippen LogP contribution in [-0.2, 0) is 9.53 Å². The van der Waals surface area contributed by atoms with Gasteiger partial charge in [-0.15, -0.1) is 0 Å². The maximum Gasteiger partial charge on any atom is 0.414 e. The lowest BCUT2D eigenvalue weighted by Crippen LogP contribution is -2.51. The molecule has 2 atom stereocenters. The molecule has 0 radical (unpaired) electrons. The summed E-state index contributed by atoms with van der Waals surface area (Å²) in [5.41, 5.74) is 4.40. The number of unbranched alkanes of at least 4 members (excludes halogenated alkanes) is 1. The van der Waals surface area contributed by atoms with Gasteiger partial charge < -0.3 is 15.8 Å². The van der Waals surface area contributed by atoms with E-state index >= 15 is 0 Å². The molecule has 108 valence electrons. The van der Waals surface area contributed by atoms with Gasteiger partial charge in [-0.1, -0.05) is 0 Å². The van der Waals surface area contributed by atoms with Crippen molar-refractivity contribution in [3.05, 3.63) is 0 Å². The molecule has 0 aromatic rings. The van der Waals surface area contributed by atoms with Crippen LogP contribution in [-0.4, -0.2) is 37.4 Å². The van der Waals surface area contributed by atoms with Crippen LogP contribution in [0.4, 0.5) is 13.2 Å². The second-order valence-electron chi connectivity index (χ2n) is 4.46. The molecule has 0 aromatic carbocycles. The molecule has 0 saturated heterocycles. The second kappa shape index (κ2) is 6.94. The van der Waals surface area contributed by atoms with Crippen molar-refractivity contribution in [1.29, 1.82) is 0 Å². The van der Waals surface area contributed by atoms with E-state index in [0.717, 1.165) is 6.92 Å². The molecule has 18 heavy (non-hydrogen) atoms. The SMILES string of the molecule is CNC(C)(CCCCOC(C)C(F)(F)F)C(N)=O. The third kappa shape index (κ3) is 5.68. The fraction of sp³-hybridized carbons (Fsp3) is 0.909. The summed E-state index contributed by atoms with van der Waals surface area (Å²) in [5, 5.41) is 2.81. The van der Waals surface area contributed by atoms with Gasteiger partial charge in [0.15, 0.2) is 6.10 Å². The minimum atomic E-state index is -4.33. The number of halogens is 3. The van der Waals surface area contributed by atoms with Crippen LogP contribution in [0.2, 0.25) is 0 Å². The van der Waals surface area contributed by atoms with Crippen LogP contribution in [0.5, 0.6) is 0 Å². The molecule has 0 aliphatic rings. The maximum absolute atomic E-state index is 12.1. The largest absolute Gasteiger partial charge is 0.414 e. The number of carbonyl (C=O) groups excluding carboxylic acids is 1. The highest BCUT2D eigenvalue weighted by Crippen LogP contribution is 2.22. The number of hydrogen-bond acceptors (Lipinski definition) is 3. The maximum atomic E-state index is 12.1. The Morgan fingerprint density at radius 1 is 1.39 bits per heavy atom. The van der Waals surface area contributed by atoms with E-state index in [9.17, 15) is 18.0 Å². The van der Waals surface area contributed by atoms with Crippen LogP contribution in [0.3, 0.4) is 0 Å². The molecular weight excluding hydrogens is 249 g/mol. The molecule has 3 N–H and O–H groups in total. The first-order chi connectivity index (χ1) is 8.13. The quantitative estimate of drug-likeness (QED) is 0.658. The molecule has 0 aliphatic heterocycles. The molecule has 2 unspecified atom stereocenters. The van der Waals surface area contributed by atoms with E-state index in [-0.39, 0.29) is 6.61 Å². The molecular formula is C11H21F3N2O2. The van der Waals surface area contributed by atoms with Gasteiger partial charge in [-0.2, -0.15) is 13.2 Å². The summed E-state index contributed by atoms with van der Waals surface area (Å²) >= 11 is 0. The summed E-state index contributed by atoms with van der Waals surface area (Å²) < 4.78 is 41.0. The van der Waals surface area contributed by atoms with Crippen molar-refractivity contribution in [2.45, 2.75) is 50.9 Å². The molecule has 0 bridgehead atoms. The molecule has 0 spiro atoms. The van der Waals surface area contributed by atoms with Gasteiger partial charge in [-0.3, -0.25) is 4.79 Å². The predicted molar refractivity (Wildman–Crippen MR) is 62.0 cm³/mol. The number of rotatable bonds is 8. The van der Waals surface area contributed by atoms with Gasteiger partial charge in [0.05, 0.1) is 5.54 Å². The van der Waals surface area contributed by atoms with Gasteiger partial charge in [-0.05, 0) is 40.2 Å². The first kappa shape index (κ1) is 17.2. The zero-order chi connectivity index (χ0) is 14.4. The van der Waals surface area contributed by atoms with Gasteiger partial charge in [0.2, 0.25) is 5.91 Å². The number of nitrogens with one attached hydrogen (secondary N) is 1. The zero-order valence-electron chi connectivity index (χ0n) is 10.9. The lowest BCUT2D eigenvalue weighted by Gasteiger charge is -2.25. The molecule has 0 rings (SSSR count). The first-order valence-corrected chi connectivity index (χ1v) is 5.80. The van der Waals surface area contributed by atoms with E-state index in [0.29, 0.717) is 19.3 Å². The minimum absolute atomic E-state index is 0.0131. The Hall–Kier alpha value is -0.820. The average Bonchev–Trinajstić information content (AvgIpc) is 2.26. The monoisotopic (exact) mass is 270 g/mol. The minimum Gasteiger partial charge on any atom is -0.369 e. The number of ether oxygens (including phenoxy) is 1. The van der Waals surface area contributed by atoms with Crippen molar-refractivity contribution < 1.29 is 22.7 Å². The van der Waals surface area contributed by atoms with Gasteiger partial charge >= 0.3 is 6.18 Å². The van der Waals surface area contributed by atoms with E-state index < -0.39 is 23.7 Å². The summed E-state index contributed by atoms with van der Waals surface area (Å²) in [4.78, 5) is 11.1. The molecule has 4 nitrogen and oxygen atoms in total. The van der Waals surface area contributed by atoms with E-state index in [2.05, 4.69) is 10.1 Å². The van der Waals surface area contributed by atoms with Crippen molar-refractivity contribution in [2.75, 3.05) is 13.7 Å². The summed E-state index contributed by atoms with van der Waals surface area (Å²) in [6.07, 6.45) is -4.62. The van der Waals surface area contributed by atoms with Crippen LogP contribution < -0.4 is 11.1 Å². The Morgan fingerprint density at radius 3 is 2.33 bits per heavy atom. The van der Waals surface area contributed by atoms with Crippen LogP contribution in [0.15, 0.2) is 0 Å². The number of hydrogen-bond donors (Lipinski definition) is 2. The van der Waals surface area contributed by atoms with Crippen molar-refractivity contribution in [1.82, 2.24) is 5.32 Å². The molecule has 1 amide bonds. The number of likely N-dealkylation sites (N-methyl/N-ethyl adjacent to an activating group) is 1. The van der Waals surface area contributed by atoms with Crippen molar-refractivity contribution in [3.63, 3.8) is 0 Å². The van der Waals surface area contributed by atoms with E-state index in [1.54, 1.807) is 14.0 Å². The summed E-state index contributed by atoms with van der Waals surface area (Å²) in [6, 6.07) is 0.